The Morgan fingerprint density at radius 1 is 1.27 bits per heavy atom. The summed E-state index contributed by atoms with van der Waals surface area (Å²) < 4.78 is 0. The average molecular weight is 210 g/mol. The summed E-state index contributed by atoms with van der Waals surface area (Å²) in [7, 11) is 0. The molecule has 1 aliphatic carbocycles. The number of urea groups is 1. The number of carbonyl (C=O) groups excluding carboxylic acids is 2. The van der Waals surface area contributed by atoms with Crippen LogP contribution in [-0.4, -0.2) is 27.9 Å². The van der Waals surface area contributed by atoms with Crippen LogP contribution in [0, 0.1) is 0 Å². The lowest BCUT2D eigenvalue weighted by atomic mass is 9.73. The van der Waals surface area contributed by atoms with E-state index in [4.69, 9.17) is 0 Å². The molecule has 2 aliphatic rings. The molecule has 1 saturated heterocycles. The average Bonchev–Trinajstić information content (AvgIpc) is 1.96. The number of nitrogens with zero attached hydrogens (tertiary/aromatic N) is 1. The zero-order valence-electron chi connectivity index (χ0n) is 9.59. The van der Waals surface area contributed by atoms with Crippen molar-refractivity contribution in [2.75, 3.05) is 0 Å². The number of nitrogens with one attached hydrogen (secondary N) is 1. The van der Waals surface area contributed by atoms with Crippen molar-refractivity contribution in [2.24, 2.45) is 0 Å². The number of carbonyl (C=O) groups is 2. The summed E-state index contributed by atoms with van der Waals surface area (Å²) in [4.78, 5) is 25.1. The van der Waals surface area contributed by atoms with E-state index < -0.39 is 5.54 Å². The van der Waals surface area contributed by atoms with Crippen molar-refractivity contribution in [2.45, 2.75) is 57.5 Å². The maximum absolute atomic E-state index is 11.9. The van der Waals surface area contributed by atoms with Crippen LogP contribution in [0.1, 0.15) is 46.5 Å². The second kappa shape index (κ2) is 2.97. The van der Waals surface area contributed by atoms with Gasteiger partial charge in [-0.2, -0.15) is 0 Å². The van der Waals surface area contributed by atoms with E-state index in [2.05, 4.69) is 5.32 Å². The number of imide groups is 1. The molecule has 0 atom stereocenters. The molecule has 2 fully saturated rings. The van der Waals surface area contributed by atoms with Crippen LogP contribution < -0.4 is 5.32 Å². The molecule has 15 heavy (non-hydrogen) atoms. The van der Waals surface area contributed by atoms with E-state index in [9.17, 15) is 9.59 Å². The molecule has 0 unspecified atom stereocenters. The lowest BCUT2D eigenvalue weighted by Gasteiger charge is -2.49. The van der Waals surface area contributed by atoms with Crippen LogP contribution >= 0.6 is 0 Å². The van der Waals surface area contributed by atoms with Crippen LogP contribution in [0.2, 0.25) is 0 Å². The molecule has 84 valence electrons. The minimum atomic E-state index is -0.424. The Kier molecular flexibility index (Phi) is 2.07. The van der Waals surface area contributed by atoms with Gasteiger partial charge in [-0.25, -0.2) is 4.79 Å². The van der Waals surface area contributed by atoms with Crippen molar-refractivity contribution in [3.8, 4) is 0 Å². The Labute approximate surface area is 90.0 Å². The summed E-state index contributed by atoms with van der Waals surface area (Å²) >= 11 is 0. The fourth-order valence-corrected chi connectivity index (χ4v) is 2.39. The molecule has 0 radical (unpaired) electrons. The third-order valence-corrected chi connectivity index (χ3v) is 3.30. The number of rotatable bonds is 0. The van der Waals surface area contributed by atoms with Gasteiger partial charge < -0.3 is 5.32 Å². The van der Waals surface area contributed by atoms with Gasteiger partial charge in [-0.05, 0) is 40.0 Å². The monoisotopic (exact) mass is 210 g/mol. The molecule has 1 N–H and O–H groups in total. The minimum Gasteiger partial charge on any atom is -0.332 e. The van der Waals surface area contributed by atoms with E-state index in [-0.39, 0.29) is 17.5 Å². The van der Waals surface area contributed by atoms with Gasteiger partial charge in [0.2, 0.25) is 5.91 Å². The Morgan fingerprint density at radius 2 is 1.87 bits per heavy atom. The maximum Gasteiger partial charge on any atom is 0.325 e. The highest BCUT2D eigenvalue weighted by atomic mass is 16.2. The summed E-state index contributed by atoms with van der Waals surface area (Å²) in [5.74, 6) is -0.0362. The molecule has 1 spiro atoms. The maximum atomic E-state index is 11.9. The lowest BCUT2D eigenvalue weighted by Crippen LogP contribution is -2.68. The van der Waals surface area contributed by atoms with Gasteiger partial charge in [0.1, 0.15) is 0 Å². The Morgan fingerprint density at radius 3 is 2.20 bits per heavy atom. The molecule has 1 heterocycles. The summed E-state index contributed by atoms with van der Waals surface area (Å²) in [6.07, 6.45) is 3.48. The van der Waals surface area contributed by atoms with Gasteiger partial charge in [0.25, 0.3) is 0 Å². The lowest BCUT2D eigenvalue weighted by molar-refractivity contribution is -0.137. The molecule has 2 rings (SSSR count). The van der Waals surface area contributed by atoms with Crippen LogP contribution in [0.3, 0.4) is 0 Å². The molecular formula is C11H18N2O2. The Hall–Kier alpha value is -1.06. The summed E-state index contributed by atoms with van der Waals surface area (Å²) in [6, 6.07) is -0.224. The van der Waals surface area contributed by atoms with Crippen LogP contribution in [0.5, 0.6) is 0 Å². The smallest absolute Gasteiger partial charge is 0.325 e. The quantitative estimate of drug-likeness (QED) is 0.661. The van der Waals surface area contributed by atoms with Gasteiger partial charge in [-0.1, -0.05) is 0 Å². The highest BCUT2D eigenvalue weighted by Crippen LogP contribution is 2.38. The normalized spacial score (nSPS) is 25.1. The molecular weight excluding hydrogens is 192 g/mol. The van der Waals surface area contributed by atoms with E-state index in [0.717, 1.165) is 19.3 Å². The highest BCUT2D eigenvalue weighted by Gasteiger charge is 2.49. The molecule has 1 aliphatic heterocycles. The van der Waals surface area contributed by atoms with Crippen molar-refractivity contribution in [1.82, 2.24) is 10.2 Å². The van der Waals surface area contributed by atoms with Gasteiger partial charge in [0.15, 0.2) is 0 Å². The highest BCUT2D eigenvalue weighted by molar-refractivity contribution is 5.99. The predicted octanol–water partition coefficient (Wildman–Crippen LogP) is 1.65. The summed E-state index contributed by atoms with van der Waals surface area (Å²) in [5.41, 5.74) is -0.623. The van der Waals surface area contributed by atoms with E-state index in [1.807, 2.05) is 20.8 Å². The van der Waals surface area contributed by atoms with Gasteiger partial charge >= 0.3 is 6.03 Å². The third-order valence-electron chi connectivity index (χ3n) is 3.30. The van der Waals surface area contributed by atoms with Crippen molar-refractivity contribution in [3.05, 3.63) is 0 Å². The Bertz CT molecular complexity index is 293. The van der Waals surface area contributed by atoms with Crippen LogP contribution in [-0.2, 0) is 4.79 Å². The molecule has 0 bridgehead atoms. The fraction of sp³-hybridized carbons (Fsp3) is 0.818. The largest absolute Gasteiger partial charge is 0.332 e. The van der Waals surface area contributed by atoms with Crippen molar-refractivity contribution in [3.63, 3.8) is 0 Å². The molecule has 1 saturated carbocycles. The molecule has 0 aromatic rings. The first-order valence-corrected chi connectivity index (χ1v) is 5.49. The molecule has 0 aromatic heterocycles. The SMILES string of the molecule is CC(C)(C)N1C(=O)CC2(CCC2)NC1=O. The fourth-order valence-electron chi connectivity index (χ4n) is 2.39. The van der Waals surface area contributed by atoms with E-state index in [0.29, 0.717) is 6.42 Å². The summed E-state index contributed by atoms with van der Waals surface area (Å²) in [5, 5.41) is 2.98. The first-order valence-electron chi connectivity index (χ1n) is 5.49. The zero-order valence-corrected chi connectivity index (χ0v) is 9.59. The molecule has 0 aromatic carbocycles. The van der Waals surface area contributed by atoms with E-state index >= 15 is 0 Å². The standard InChI is InChI=1S/C11H18N2O2/c1-10(2,3)13-8(14)7-11(5-4-6-11)12-9(13)15/h4-7H2,1-3H3,(H,12,15). The van der Waals surface area contributed by atoms with Crippen molar-refractivity contribution in [1.29, 1.82) is 0 Å². The Balaban J connectivity index is 2.19. The van der Waals surface area contributed by atoms with Gasteiger partial charge in [-0.3, -0.25) is 9.69 Å². The number of hydrogen-bond acceptors (Lipinski definition) is 2. The second-order valence-electron chi connectivity index (χ2n) is 5.64. The van der Waals surface area contributed by atoms with Crippen molar-refractivity contribution >= 4 is 11.9 Å². The molecule has 4 nitrogen and oxygen atoms in total. The first kappa shape index (κ1) is 10.5. The van der Waals surface area contributed by atoms with Crippen LogP contribution in [0.4, 0.5) is 4.79 Å². The van der Waals surface area contributed by atoms with Gasteiger partial charge in [-0.15, -0.1) is 0 Å². The van der Waals surface area contributed by atoms with Crippen LogP contribution in [0.25, 0.3) is 0 Å². The van der Waals surface area contributed by atoms with Crippen molar-refractivity contribution < 1.29 is 9.59 Å². The minimum absolute atomic E-state index is 0.0362. The van der Waals surface area contributed by atoms with Gasteiger partial charge in [0, 0.05) is 5.54 Å². The third kappa shape index (κ3) is 1.62. The van der Waals surface area contributed by atoms with E-state index in [1.54, 1.807) is 0 Å². The molecule has 4 heteroatoms. The molecule has 3 amide bonds. The topological polar surface area (TPSA) is 49.4 Å². The summed E-state index contributed by atoms with van der Waals surface area (Å²) in [6.45, 7) is 5.63. The van der Waals surface area contributed by atoms with Gasteiger partial charge in [0.05, 0.1) is 12.0 Å². The predicted molar refractivity (Wildman–Crippen MR) is 56.3 cm³/mol. The number of amides is 3. The van der Waals surface area contributed by atoms with E-state index in [1.165, 1.54) is 4.90 Å². The zero-order chi connectivity index (χ0) is 11.3. The van der Waals surface area contributed by atoms with Crippen LogP contribution in [0.15, 0.2) is 0 Å². The second-order valence-corrected chi connectivity index (χ2v) is 5.64. The first-order chi connectivity index (χ1) is 6.84. The number of hydrogen-bond donors (Lipinski definition) is 1.